The first kappa shape index (κ1) is 17.1. The largest absolute Gasteiger partial charge is 0.480 e. The molecule has 9 heteroatoms. The number of carbonyl (C=O) groups excluding carboxylic acids is 2. The minimum Gasteiger partial charge on any atom is -0.480 e. The average Bonchev–Trinajstić information content (AvgIpc) is 2.49. The zero-order valence-electron chi connectivity index (χ0n) is 12.6. The summed E-state index contributed by atoms with van der Waals surface area (Å²) in [4.78, 5) is 31.1. The van der Waals surface area contributed by atoms with Crippen molar-refractivity contribution >= 4 is 45.0 Å². The minimum absolute atomic E-state index is 0.0141. The fraction of sp³-hybridized carbons (Fsp3) is 0.692. The normalized spacial score (nSPS) is 25.0. The lowest BCUT2D eigenvalue weighted by Crippen LogP contribution is -2.48. The van der Waals surface area contributed by atoms with Gasteiger partial charge in [0.15, 0.2) is 0 Å². The van der Waals surface area contributed by atoms with Crippen LogP contribution in [-0.4, -0.2) is 66.7 Å². The molecule has 122 valence electrons. The fourth-order valence-electron chi connectivity index (χ4n) is 2.01. The van der Waals surface area contributed by atoms with Gasteiger partial charge >= 0.3 is 0 Å². The molecule has 7 nitrogen and oxygen atoms in total. The van der Waals surface area contributed by atoms with Crippen LogP contribution in [0.4, 0.5) is 0 Å². The van der Waals surface area contributed by atoms with E-state index in [1.54, 1.807) is 21.6 Å². The summed E-state index contributed by atoms with van der Waals surface area (Å²) in [6.07, 6.45) is 0. The van der Waals surface area contributed by atoms with Crippen LogP contribution in [0.15, 0.2) is 9.98 Å². The van der Waals surface area contributed by atoms with E-state index in [1.807, 2.05) is 13.8 Å². The molecule has 2 atom stereocenters. The molecular formula is C13H20N4O3S2. The molecule has 0 saturated carbocycles. The summed E-state index contributed by atoms with van der Waals surface area (Å²) in [5.74, 6) is 1.89. The summed E-state index contributed by atoms with van der Waals surface area (Å²) >= 11 is 0. The van der Waals surface area contributed by atoms with Crippen LogP contribution in [0, 0.1) is 0 Å². The molecule has 0 radical (unpaired) electrons. The Morgan fingerprint density at radius 1 is 1.09 bits per heavy atom. The molecule has 2 heterocycles. The maximum atomic E-state index is 11.4. The van der Waals surface area contributed by atoms with E-state index in [0.29, 0.717) is 18.3 Å². The van der Waals surface area contributed by atoms with Crippen LogP contribution in [0.25, 0.3) is 0 Å². The van der Waals surface area contributed by atoms with Gasteiger partial charge in [-0.15, -0.1) is 0 Å². The van der Waals surface area contributed by atoms with Crippen LogP contribution in [-0.2, 0) is 14.3 Å². The number of hydrogen-bond acceptors (Lipinski definition) is 7. The van der Waals surface area contributed by atoms with Gasteiger partial charge in [0.1, 0.15) is 19.1 Å². The number of nitrogens with zero attached hydrogens (tertiary/aromatic N) is 2. The van der Waals surface area contributed by atoms with Gasteiger partial charge in [-0.1, -0.05) is 21.6 Å². The first-order valence-electron chi connectivity index (χ1n) is 7.11. The number of nitrogens with one attached hydrogen (secondary N) is 2. The van der Waals surface area contributed by atoms with Crippen molar-refractivity contribution in [1.29, 1.82) is 0 Å². The summed E-state index contributed by atoms with van der Waals surface area (Å²) in [6, 6.07) is -0.200. The third-order valence-corrected chi connectivity index (χ3v) is 5.59. The second kappa shape index (κ2) is 8.42. The lowest BCUT2D eigenvalue weighted by molar-refractivity contribution is -0.121. The van der Waals surface area contributed by atoms with Crippen LogP contribution in [0.5, 0.6) is 0 Å². The highest BCUT2D eigenvalue weighted by Gasteiger charge is 2.25. The summed E-state index contributed by atoms with van der Waals surface area (Å²) < 4.78 is 5.46. The van der Waals surface area contributed by atoms with Gasteiger partial charge in [-0.3, -0.25) is 14.6 Å². The van der Waals surface area contributed by atoms with Gasteiger partial charge in [0, 0.05) is 17.2 Å². The van der Waals surface area contributed by atoms with E-state index in [0.717, 1.165) is 11.5 Å². The van der Waals surface area contributed by atoms with Crippen molar-refractivity contribution < 1.29 is 14.3 Å². The fourth-order valence-corrected chi connectivity index (χ4v) is 4.42. The number of amides is 2. The van der Waals surface area contributed by atoms with E-state index in [-0.39, 0.29) is 37.0 Å². The zero-order valence-corrected chi connectivity index (χ0v) is 14.3. The van der Waals surface area contributed by atoms with Gasteiger partial charge in [-0.25, -0.2) is 4.99 Å². The SMILES string of the molecule is CCOC1=NCC(=O)N[C@H]1CSSC[C@H]1NC(=O)CN=C1C. The molecule has 0 fully saturated rings. The second-order valence-corrected chi connectivity index (χ2v) is 7.41. The summed E-state index contributed by atoms with van der Waals surface area (Å²) in [6.45, 7) is 4.71. The maximum Gasteiger partial charge on any atom is 0.242 e. The Labute approximate surface area is 137 Å². The lowest BCUT2D eigenvalue weighted by Gasteiger charge is -2.24. The Bertz CT molecular complexity index is 496. The minimum atomic E-state index is -0.186. The molecule has 22 heavy (non-hydrogen) atoms. The smallest absolute Gasteiger partial charge is 0.242 e. The Hall–Kier alpha value is -1.22. The zero-order chi connectivity index (χ0) is 15.9. The second-order valence-electron chi connectivity index (χ2n) is 4.85. The van der Waals surface area contributed by atoms with E-state index >= 15 is 0 Å². The van der Waals surface area contributed by atoms with Gasteiger partial charge < -0.3 is 15.4 Å². The topological polar surface area (TPSA) is 92.1 Å². The highest BCUT2D eigenvalue weighted by atomic mass is 33.1. The van der Waals surface area contributed by atoms with Crippen molar-refractivity contribution in [3.63, 3.8) is 0 Å². The molecule has 0 aliphatic carbocycles. The Morgan fingerprint density at radius 3 is 2.36 bits per heavy atom. The van der Waals surface area contributed by atoms with Crippen LogP contribution >= 0.6 is 21.6 Å². The van der Waals surface area contributed by atoms with Gasteiger partial charge in [0.05, 0.1) is 12.6 Å². The number of carbonyl (C=O) groups is 2. The van der Waals surface area contributed by atoms with Crippen LogP contribution in [0.1, 0.15) is 13.8 Å². The highest BCUT2D eigenvalue weighted by molar-refractivity contribution is 8.76. The van der Waals surface area contributed by atoms with Gasteiger partial charge in [-0.05, 0) is 13.8 Å². The highest BCUT2D eigenvalue weighted by Crippen LogP contribution is 2.24. The van der Waals surface area contributed by atoms with E-state index in [2.05, 4.69) is 20.6 Å². The predicted molar refractivity (Wildman–Crippen MR) is 90.7 cm³/mol. The summed E-state index contributed by atoms with van der Waals surface area (Å²) in [5, 5.41) is 5.80. The van der Waals surface area contributed by atoms with E-state index in [4.69, 9.17) is 4.74 Å². The third kappa shape index (κ3) is 4.91. The molecule has 2 aliphatic rings. The van der Waals surface area contributed by atoms with Crippen LogP contribution in [0.3, 0.4) is 0 Å². The molecular weight excluding hydrogens is 324 g/mol. The van der Waals surface area contributed by atoms with Gasteiger partial charge in [0.25, 0.3) is 0 Å². The van der Waals surface area contributed by atoms with Crippen molar-refractivity contribution in [2.45, 2.75) is 25.9 Å². The molecule has 0 spiro atoms. The first-order valence-corrected chi connectivity index (χ1v) is 9.60. The Kier molecular flexibility index (Phi) is 6.56. The van der Waals surface area contributed by atoms with E-state index in [9.17, 15) is 9.59 Å². The van der Waals surface area contributed by atoms with Crippen molar-refractivity contribution in [3.8, 4) is 0 Å². The Balaban J connectivity index is 1.75. The van der Waals surface area contributed by atoms with Crippen molar-refractivity contribution in [1.82, 2.24) is 10.6 Å². The number of hydrogen-bond donors (Lipinski definition) is 2. The maximum absolute atomic E-state index is 11.4. The molecule has 2 aliphatic heterocycles. The molecule has 0 bridgehead atoms. The summed E-state index contributed by atoms with van der Waals surface area (Å²) in [5.41, 5.74) is 0.954. The predicted octanol–water partition coefficient (Wildman–Crippen LogP) is 0.261. The molecule has 0 unspecified atom stereocenters. The van der Waals surface area contributed by atoms with E-state index in [1.165, 1.54) is 0 Å². The van der Waals surface area contributed by atoms with E-state index < -0.39 is 0 Å². The quantitative estimate of drug-likeness (QED) is 0.533. The molecule has 2 N–H and O–H groups in total. The van der Waals surface area contributed by atoms with Gasteiger partial charge in [-0.2, -0.15) is 0 Å². The number of aliphatic imine (C=N–C) groups is 2. The number of rotatable bonds is 6. The lowest BCUT2D eigenvalue weighted by atomic mass is 10.2. The van der Waals surface area contributed by atoms with Crippen molar-refractivity contribution in [2.75, 3.05) is 31.2 Å². The standard InChI is InChI=1S/C13H20N4O3S2/c1-3-20-13-10(17-12(19)5-15-13)7-22-21-6-9-8(2)14-4-11(18)16-9/h9-10H,3-7H2,1-2H3,(H,16,18)(H,17,19)/t9-,10+/m1/s1. The van der Waals surface area contributed by atoms with Gasteiger partial charge in [0.2, 0.25) is 17.7 Å². The van der Waals surface area contributed by atoms with Crippen LogP contribution in [0.2, 0.25) is 0 Å². The van der Waals surface area contributed by atoms with Crippen LogP contribution < -0.4 is 10.6 Å². The molecule has 0 aromatic heterocycles. The Morgan fingerprint density at radius 2 is 1.68 bits per heavy atom. The first-order chi connectivity index (χ1) is 10.6. The monoisotopic (exact) mass is 344 g/mol. The summed E-state index contributed by atoms with van der Waals surface area (Å²) in [7, 11) is 3.26. The molecule has 2 rings (SSSR count). The number of ether oxygens (including phenoxy) is 1. The van der Waals surface area contributed by atoms with Crippen molar-refractivity contribution in [3.05, 3.63) is 0 Å². The molecule has 0 saturated heterocycles. The average molecular weight is 344 g/mol. The molecule has 0 aromatic carbocycles. The molecule has 2 amide bonds. The molecule has 0 aromatic rings. The van der Waals surface area contributed by atoms with Crippen molar-refractivity contribution in [2.24, 2.45) is 9.98 Å². The third-order valence-electron chi connectivity index (χ3n) is 3.17.